The van der Waals surface area contributed by atoms with Gasteiger partial charge >= 0.3 is 6.09 Å². The molecule has 0 saturated carbocycles. The molecule has 0 aromatic carbocycles. The van der Waals surface area contributed by atoms with Crippen molar-refractivity contribution in [2.45, 2.75) is 52.2 Å². The maximum Gasteiger partial charge on any atom is 0.410 e. The molecule has 1 amide bonds. The Balaban J connectivity index is 2.69. The van der Waals surface area contributed by atoms with Gasteiger partial charge in [-0.15, -0.1) is 0 Å². The Morgan fingerprint density at radius 3 is 2.44 bits per heavy atom. The first-order chi connectivity index (χ1) is 7.15. The van der Waals surface area contributed by atoms with E-state index in [9.17, 15) is 4.79 Å². The molecule has 4 heteroatoms. The standard InChI is InChI=1S/C12H23NO3/c1-11(2,3)16-10(15)13-7-9(8-14)6-12(13,4)5/h9,14H,6-8H2,1-5H3/t9-/m1/s1. The Morgan fingerprint density at radius 2 is 2.06 bits per heavy atom. The third kappa shape index (κ3) is 3.11. The van der Waals surface area contributed by atoms with E-state index in [-0.39, 0.29) is 24.2 Å². The van der Waals surface area contributed by atoms with E-state index >= 15 is 0 Å². The zero-order valence-electron chi connectivity index (χ0n) is 10.9. The van der Waals surface area contributed by atoms with Gasteiger partial charge in [-0.3, -0.25) is 0 Å². The van der Waals surface area contributed by atoms with Crippen LogP contribution in [0.15, 0.2) is 0 Å². The first kappa shape index (κ1) is 13.3. The van der Waals surface area contributed by atoms with Gasteiger partial charge in [-0.05, 0) is 41.0 Å². The van der Waals surface area contributed by atoms with Gasteiger partial charge < -0.3 is 14.7 Å². The Morgan fingerprint density at radius 1 is 1.50 bits per heavy atom. The second-order valence-electron chi connectivity index (χ2n) is 6.16. The number of aliphatic hydroxyl groups is 1. The highest BCUT2D eigenvalue weighted by Gasteiger charge is 2.42. The summed E-state index contributed by atoms with van der Waals surface area (Å²) in [7, 11) is 0. The normalized spacial score (nSPS) is 24.6. The van der Waals surface area contributed by atoms with Crippen molar-refractivity contribution in [1.82, 2.24) is 4.90 Å². The van der Waals surface area contributed by atoms with Crippen LogP contribution in [0.4, 0.5) is 4.79 Å². The van der Waals surface area contributed by atoms with Crippen molar-refractivity contribution in [3.63, 3.8) is 0 Å². The lowest BCUT2D eigenvalue weighted by Gasteiger charge is -2.33. The fourth-order valence-corrected chi connectivity index (χ4v) is 2.15. The molecule has 0 bridgehead atoms. The van der Waals surface area contributed by atoms with E-state index in [2.05, 4.69) is 0 Å². The Hall–Kier alpha value is -0.770. The minimum atomic E-state index is -0.468. The summed E-state index contributed by atoms with van der Waals surface area (Å²) in [5.74, 6) is 0.169. The predicted octanol–water partition coefficient (Wildman–Crippen LogP) is 2.01. The van der Waals surface area contributed by atoms with Crippen LogP contribution in [0, 0.1) is 5.92 Å². The van der Waals surface area contributed by atoms with Gasteiger partial charge in [0.25, 0.3) is 0 Å². The summed E-state index contributed by atoms with van der Waals surface area (Å²) >= 11 is 0. The number of nitrogens with zero attached hydrogens (tertiary/aromatic N) is 1. The van der Waals surface area contributed by atoms with Gasteiger partial charge in [0.1, 0.15) is 5.60 Å². The second-order valence-corrected chi connectivity index (χ2v) is 6.16. The van der Waals surface area contributed by atoms with E-state index in [0.29, 0.717) is 6.54 Å². The number of carbonyl (C=O) groups is 1. The Kier molecular flexibility index (Phi) is 3.53. The highest BCUT2D eigenvalue weighted by atomic mass is 16.6. The second kappa shape index (κ2) is 4.24. The first-order valence-electron chi connectivity index (χ1n) is 5.77. The van der Waals surface area contributed by atoms with Crippen molar-refractivity contribution in [2.24, 2.45) is 5.92 Å². The minimum Gasteiger partial charge on any atom is -0.444 e. The molecular formula is C12H23NO3. The Labute approximate surface area is 97.6 Å². The van der Waals surface area contributed by atoms with E-state index < -0.39 is 5.60 Å². The quantitative estimate of drug-likeness (QED) is 0.748. The molecule has 1 N–H and O–H groups in total. The van der Waals surface area contributed by atoms with Crippen LogP contribution in [0.3, 0.4) is 0 Å². The summed E-state index contributed by atoms with van der Waals surface area (Å²) in [5.41, 5.74) is -0.694. The zero-order valence-corrected chi connectivity index (χ0v) is 10.9. The fourth-order valence-electron chi connectivity index (χ4n) is 2.15. The van der Waals surface area contributed by atoms with Crippen LogP contribution in [0.5, 0.6) is 0 Å². The largest absolute Gasteiger partial charge is 0.444 e. The number of aliphatic hydroxyl groups excluding tert-OH is 1. The maximum atomic E-state index is 12.0. The van der Waals surface area contributed by atoms with Gasteiger partial charge in [0.05, 0.1) is 0 Å². The van der Waals surface area contributed by atoms with Crippen LogP contribution >= 0.6 is 0 Å². The van der Waals surface area contributed by atoms with Crippen molar-refractivity contribution < 1.29 is 14.6 Å². The molecule has 94 valence electrons. The summed E-state index contributed by atoms with van der Waals surface area (Å²) in [6.45, 7) is 10.3. The lowest BCUT2D eigenvalue weighted by Crippen LogP contribution is -2.45. The van der Waals surface area contributed by atoms with Gasteiger partial charge in [0.15, 0.2) is 0 Å². The van der Waals surface area contributed by atoms with Crippen LogP contribution in [-0.4, -0.2) is 40.4 Å². The van der Waals surface area contributed by atoms with Gasteiger partial charge in [-0.1, -0.05) is 0 Å². The van der Waals surface area contributed by atoms with E-state index in [4.69, 9.17) is 9.84 Å². The highest BCUT2D eigenvalue weighted by Crippen LogP contribution is 2.33. The van der Waals surface area contributed by atoms with Gasteiger partial charge in [-0.2, -0.15) is 0 Å². The maximum absolute atomic E-state index is 12.0. The topological polar surface area (TPSA) is 49.8 Å². The van der Waals surface area contributed by atoms with Crippen molar-refractivity contribution in [3.8, 4) is 0 Å². The van der Waals surface area contributed by atoms with Crippen LogP contribution in [0.25, 0.3) is 0 Å². The molecule has 1 heterocycles. The molecule has 0 aliphatic carbocycles. The summed E-state index contributed by atoms with van der Waals surface area (Å²) in [6, 6.07) is 0. The molecule has 1 saturated heterocycles. The molecule has 0 unspecified atom stereocenters. The lowest BCUT2D eigenvalue weighted by atomic mass is 9.97. The summed E-state index contributed by atoms with van der Waals surface area (Å²) in [5, 5.41) is 9.15. The lowest BCUT2D eigenvalue weighted by molar-refractivity contribution is 0.0129. The SMILES string of the molecule is CC(C)(C)OC(=O)N1C[C@H](CO)CC1(C)C. The third-order valence-electron chi connectivity index (χ3n) is 2.83. The predicted molar refractivity (Wildman–Crippen MR) is 62.2 cm³/mol. The van der Waals surface area contributed by atoms with Crippen molar-refractivity contribution in [2.75, 3.05) is 13.2 Å². The molecule has 1 atom stereocenters. The monoisotopic (exact) mass is 229 g/mol. The summed E-state index contributed by atoms with van der Waals surface area (Å²) < 4.78 is 5.36. The number of ether oxygens (including phenoxy) is 1. The summed E-state index contributed by atoms with van der Waals surface area (Å²) in [4.78, 5) is 13.7. The molecule has 1 rings (SSSR count). The molecular weight excluding hydrogens is 206 g/mol. The van der Waals surface area contributed by atoms with Crippen LogP contribution in [0.2, 0.25) is 0 Å². The third-order valence-corrected chi connectivity index (χ3v) is 2.83. The van der Waals surface area contributed by atoms with Gasteiger partial charge in [-0.25, -0.2) is 4.79 Å². The smallest absolute Gasteiger partial charge is 0.410 e. The molecule has 0 spiro atoms. The van der Waals surface area contributed by atoms with Crippen LogP contribution in [0.1, 0.15) is 41.0 Å². The average molecular weight is 229 g/mol. The molecule has 4 nitrogen and oxygen atoms in total. The zero-order chi connectivity index (χ0) is 12.6. The number of rotatable bonds is 1. The van der Waals surface area contributed by atoms with Crippen LogP contribution in [-0.2, 0) is 4.74 Å². The minimum absolute atomic E-state index is 0.128. The first-order valence-corrected chi connectivity index (χ1v) is 5.77. The molecule has 0 radical (unpaired) electrons. The molecule has 1 aliphatic heterocycles. The molecule has 1 fully saturated rings. The number of amides is 1. The van der Waals surface area contributed by atoms with E-state index in [0.717, 1.165) is 6.42 Å². The number of likely N-dealkylation sites (tertiary alicyclic amines) is 1. The Bertz CT molecular complexity index is 268. The van der Waals surface area contributed by atoms with Gasteiger partial charge in [0.2, 0.25) is 0 Å². The highest BCUT2D eigenvalue weighted by molar-refractivity contribution is 5.69. The average Bonchev–Trinajstić information content (AvgIpc) is 2.37. The summed E-state index contributed by atoms with van der Waals surface area (Å²) in [6.07, 6.45) is 0.538. The number of carbonyl (C=O) groups excluding carboxylic acids is 1. The number of hydrogen-bond donors (Lipinski definition) is 1. The van der Waals surface area contributed by atoms with Crippen molar-refractivity contribution in [3.05, 3.63) is 0 Å². The van der Waals surface area contributed by atoms with Crippen molar-refractivity contribution >= 4 is 6.09 Å². The molecule has 16 heavy (non-hydrogen) atoms. The van der Waals surface area contributed by atoms with Gasteiger partial charge in [0, 0.05) is 24.6 Å². The fraction of sp³-hybridized carbons (Fsp3) is 0.917. The number of hydrogen-bond acceptors (Lipinski definition) is 3. The van der Waals surface area contributed by atoms with E-state index in [1.165, 1.54) is 0 Å². The van der Waals surface area contributed by atoms with Crippen LogP contribution < -0.4 is 0 Å². The van der Waals surface area contributed by atoms with E-state index in [1.54, 1.807) is 4.90 Å². The molecule has 0 aromatic heterocycles. The van der Waals surface area contributed by atoms with Crippen molar-refractivity contribution in [1.29, 1.82) is 0 Å². The van der Waals surface area contributed by atoms with E-state index in [1.807, 2.05) is 34.6 Å². The molecule has 0 aromatic rings. The molecule has 1 aliphatic rings.